The van der Waals surface area contributed by atoms with Crippen molar-refractivity contribution in [1.82, 2.24) is 20.3 Å². The molecular formula is C27H26F2N6O4S. The molecule has 0 unspecified atom stereocenters. The molecule has 1 fully saturated rings. The maximum atomic E-state index is 15.1. The first-order chi connectivity index (χ1) is 19.3. The molecular weight excluding hydrogens is 542 g/mol. The van der Waals surface area contributed by atoms with Gasteiger partial charge in [-0.1, -0.05) is 6.07 Å². The predicted octanol–water partition coefficient (Wildman–Crippen LogP) is 4.58. The summed E-state index contributed by atoms with van der Waals surface area (Å²) in [6.45, 7) is 1.77. The van der Waals surface area contributed by atoms with Crippen LogP contribution in [0.25, 0.3) is 11.3 Å². The highest BCUT2D eigenvalue weighted by Gasteiger charge is 2.22. The first-order valence-corrected chi connectivity index (χ1v) is 13.9. The molecule has 2 aromatic heterocycles. The molecule has 2 aromatic carbocycles. The molecule has 1 aliphatic rings. The Morgan fingerprint density at radius 2 is 1.90 bits per heavy atom. The van der Waals surface area contributed by atoms with Crippen LogP contribution < -0.4 is 24.8 Å². The molecule has 3 N–H and O–H groups in total. The molecule has 1 aliphatic heterocycles. The van der Waals surface area contributed by atoms with E-state index in [0.29, 0.717) is 23.0 Å². The lowest BCUT2D eigenvalue weighted by Gasteiger charge is -2.23. The minimum Gasteiger partial charge on any atom is -0.497 e. The summed E-state index contributed by atoms with van der Waals surface area (Å²) in [5.74, 6) is -2.61. The van der Waals surface area contributed by atoms with Crippen LogP contribution in [0.5, 0.6) is 17.4 Å². The van der Waals surface area contributed by atoms with Crippen LogP contribution in [0.2, 0.25) is 0 Å². The third kappa shape index (κ3) is 6.10. The maximum Gasteiger partial charge on any atom is 0.262 e. The number of nitrogens with zero attached hydrogens (tertiary/aromatic N) is 3. The fraction of sp³-hybridized carbons (Fsp3) is 0.222. The molecule has 13 heteroatoms. The number of rotatable bonds is 9. The van der Waals surface area contributed by atoms with Crippen molar-refractivity contribution in [2.24, 2.45) is 0 Å². The van der Waals surface area contributed by atoms with Gasteiger partial charge in [0.15, 0.2) is 11.6 Å². The number of benzene rings is 2. The van der Waals surface area contributed by atoms with Crippen LogP contribution in [0.15, 0.2) is 71.9 Å². The molecule has 5 rings (SSSR count). The molecule has 1 saturated heterocycles. The number of hydrogen-bond acceptors (Lipinski definition) is 9. The minimum absolute atomic E-state index is 0.0190. The number of halogens is 2. The van der Waals surface area contributed by atoms with Crippen molar-refractivity contribution in [3.8, 4) is 28.6 Å². The first-order valence-electron chi connectivity index (χ1n) is 12.4. The second kappa shape index (κ2) is 11.8. The summed E-state index contributed by atoms with van der Waals surface area (Å²) < 4.78 is 68.3. The van der Waals surface area contributed by atoms with Crippen molar-refractivity contribution < 1.29 is 26.7 Å². The molecule has 0 amide bonds. The van der Waals surface area contributed by atoms with Gasteiger partial charge in [-0.25, -0.2) is 27.8 Å². The quantitative estimate of drug-likeness (QED) is 0.266. The zero-order valence-electron chi connectivity index (χ0n) is 21.4. The van der Waals surface area contributed by atoms with E-state index in [4.69, 9.17) is 9.47 Å². The fourth-order valence-corrected chi connectivity index (χ4v) is 5.26. The van der Waals surface area contributed by atoms with Gasteiger partial charge >= 0.3 is 0 Å². The van der Waals surface area contributed by atoms with Gasteiger partial charge in [0.05, 0.1) is 29.0 Å². The fourth-order valence-electron chi connectivity index (χ4n) is 4.17. The van der Waals surface area contributed by atoms with E-state index < -0.39 is 33.1 Å². The summed E-state index contributed by atoms with van der Waals surface area (Å²) in [4.78, 5) is 12.8. The smallest absolute Gasteiger partial charge is 0.262 e. The van der Waals surface area contributed by atoms with Gasteiger partial charge in [0, 0.05) is 31.0 Å². The third-order valence-electron chi connectivity index (χ3n) is 6.18. The van der Waals surface area contributed by atoms with Crippen LogP contribution in [0.1, 0.15) is 12.8 Å². The molecule has 10 nitrogen and oxygen atoms in total. The summed E-state index contributed by atoms with van der Waals surface area (Å²) in [7, 11) is -2.84. The van der Waals surface area contributed by atoms with Gasteiger partial charge in [0.25, 0.3) is 10.0 Å². The van der Waals surface area contributed by atoms with E-state index in [1.807, 2.05) is 0 Å². The number of piperidine rings is 1. The molecule has 0 aliphatic carbocycles. The normalized spacial score (nSPS) is 15.3. The van der Waals surface area contributed by atoms with Gasteiger partial charge in [0.2, 0.25) is 17.6 Å². The van der Waals surface area contributed by atoms with Gasteiger partial charge in [0.1, 0.15) is 5.75 Å². The average Bonchev–Trinajstić information content (AvgIpc) is 2.98. The van der Waals surface area contributed by atoms with Gasteiger partial charge in [-0.05, 0) is 61.9 Å². The van der Waals surface area contributed by atoms with E-state index in [1.165, 1.54) is 31.5 Å². The Labute approximate surface area is 229 Å². The second-order valence-electron chi connectivity index (χ2n) is 8.93. The number of sulfonamides is 1. The van der Waals surface area contributed by atoms with E-state index in [9.17, 15) is 12.8 Å². The largest absolute Gasteiger partial charge is 0.497 e. The van der Waals surface area contributed by atoms with Crippen molar-refractivity contribution in [2.75, 3.05) is 30.2 Å². The van der Waals surface area contributed by atoms with Gasteiger partial charge in [-0.15, -0.1) is 0 Å². The van der Waals surface area contributed by atoms with Crippen molar-refractivity contribution >= 4 is 21.7 Å². The van der Waals surface area contributed by atoms with Gasteiger partial charge in [-0.2, -0.15) is 4.39 Å². The Hall–Kier alpha value is -4.36. The average molecular weight is 569 g/mol. The molecule has 0 saturated carbocycles. The molecule has 4 aromatic rings. The Balaban J connectivity index is 1.38. The summed E-state index contributed by atoms with van der Waals surface area (Å²) in [6.07, 6.45) is 5.05. The second-order valence-corrected chi connectivity index (χ2v) is 10.6. The molecule has 208 valence electrons. The third-order valence-corrected chi connectivity index (χ3v) is 7.55. The van der Waals surface area contributed by atoms with Crippen LogP contribution >= 0.6 is 0 Å². The van der Waals surface area contributed by atoms with E-state index in [0.717, 1.165) is 38.1 Å². The number of methoxy groups -OCH3 is 1. The standard InChI is InChI=1S/C27H26F2N6O4S/c1-38-18-6-2-7-19(15-18)40(36,37)35-22-9-10-23(25(29)24(22)28)39-26-20(8-4-13-31-26)21-11-14-32-27(34-21)33-17-5-3-12-30-16-17/h2,4,6-11,13-15,17,30,35H,3,5,12,16H2,1H3,(H,32,33,34)/t17-/m0/s1. The van der Waals surface area contributed by atoms with Crippen LogP contribution in [-0.2, 0) is 10.0 Å². The Bertz CT molecular complexity index is 1620. The Morgan fingerprint density at radius 1 is 1.02 bits per heavy atom. The molecule has 1 atom stereocenters. The monoisotopic (exact) mass is 568 g/mol. The van der Waals surface area contributed by atoms with Crippen LogP contribution in [0.4, 0.5) is 20.4 Å². The molecule has 0 spiro atoms. The van der Waals surface area contributed by atoms with Crippen molar-refractivity contribution in [3.05, 3.63) is 78.6 Å². The topological polar surface area (TPSA) is 127 Å². The van der Waals surface area contributed by atoms with Crippen LogP contribution in [-0.4, -0.2) is 49.6 Å². The van der Waals surface area contributed by atoms with Crippen LogP contribution in [0.3, 0.4) is 0 Å². The highest BCUT2D eigenvalue weighted by atomic mass is 32.2. The number of nitrogens with one attached hydrogen (secondary N) is 3. The number of hydrogen-bond donors (Lipinski definition) is 3. The van der Waals surface area contributed by atoms with Crippen LogP contribution in [0, 0.1) is 11.6 Å². The Kier molecular flexibility index (Phi) is 8.03. The van der Waals surface area contributed by atoms with Crippen molar-refractivity contribution in [1.29, 1.82) is 0 Å². The molecule has 40 heavy (non-hydrogen) atoms. The SMILES string of the molecule is COc1cccc(S(=O)(=O)Nc2ccc(Oc3ncccc3-c3ccnc(N[C@H]4CCCNC4)n3)c(F)c2F)c1. The number of ether oxygens (including phenoxy) is 2. The predicted molar refractivity (Wildman–Crippen MR) is 145 cm³/mol. The molecule has 3 heterocycles. The number of anilines is 2. The minimum atomic E-state index is -4.23. The number of aromatic nitrogens is 3. The summed E-state index contributed by atoms with van der Waals surface area (Å²) in [6, 6.07) is 13.0. The zero-order valence-corrected chi connectivity index (χ0v) is 22.2. The van der Waals surface area contributed by atoms with Gasteiger partial charge in [-0.3, -0.25) is 4.72 Å². The highest BCUT2D eigenvalue weighted by Crippen LogP contribution is 2.34. The van der Waals surface area contributed by atoms with Gasteiger partial charge < -0.3 is 20.1 Å². The zero-order chi connectivity index (χ0) is 28.1. The van der Waals surface area contributed by atoms with E-state index >= 15 is 4.39 Å². The lowest BCUT2D eigenvalue weighted by Crippen LogP contribution is -2.38. The lowest BCUT2D eigenvalue weighted by atomic mass is 10.1. The van der Waals surface area contributed by atoms with Crippen molar-refractivity contribution in [2.45, 2.75) is 23.8 Å². The number of pyridine rings is 1. The summed E-state index contributed by atoms with van der Waals surface area (Å²) in [5, 5.41) is 6.62. The molecule has 0 radical (unpaired) electrons. The van der Waals surface area contributed by atoms with E-state index in [-0.39, 0.29) is 16.8 Å². The maximum absolute atomic E-state index is 15.1. The first kappa shape index (κ1) is 27.2. The van der Waals surface area contributed by atoms with Crippen molar-refractivity contribution in [3.63, 3.8) is 0 Å². The van der Waals surface area contributed by atoms with E-state index in [1.54, 1.807) is 30.5 Å². The summed E-state index contributed by atoms with van der Waals surface area (Å²) >= 11 is 0. The summed E-state index contributed by atoms with van der Waals surface area (Å²) in [5.41, 5.74) is 0.308. The van der Waals surface area contributed by atoms with E-state index in [2.05, 4.69) is 30.3 Å². The highest BCUT2D eigenvalue weighted by molar-refractivity contribution is 7.92. The molecule has 0 bridgehead atoms. The lowest BCUT2D eigenvalue weighted by molar-refractivity contribution is 0.407. The Morgan fingerprint density at radius 3 is 2.70 bits per heavy atom.